The lowest BCUT2D eigenvalue weighted by Crippen LogP contribution is -2.25. The van der Waals surface area contributed by atoms with Crippen molar-refractivity contribution in [1.29, 1.82) is 0 Å². The van der Waals surface area contributed by atoms with Crippen LogP contribution in [0.15, 0.2) is 75.8 Å². The number of anilines is 1. The maximum Gasteiger partial charge on any atom is 0.286 e. The van der Waals surface area contributed by atoms with Crippen molar-refractivity contribution in [2.24, 2.45) is 0 Å². The van der Waals surface area contributed by atoms with Gasteiger partial charge in [-0.15, -0.1) is 0 Å². The van der Waals surface area contributed by atoms with Crippen LogP contribution >= 0.6 is 15.9 Å². The first-order valence-electron chi connectivity index (χ1n) is 9.91. The minimum atomic E-state index is -0.243. The second-order valence-corrected chi connectivity index (χ2v) is 7.91. The molecule has 2 heterocycles. The van der Waals surface area contributed by atoms with Gasteiger partial charge in [-0.05, 0) is 55.0 Å². The number of para-hydroxylation sites is 2. The van der Waals surface area contributed by atoms with Crippen LogP contribution in [0, 0.1) is 0 Å². The van der Waals surface area contributed by atoms with Crippen LogP contribution in [0.1, 0.15) is 22.8 Å². The molecular weight excluding hydrogens is 460 g/mol. The first kappa shape index (κ1) is 20.9. The van der Waals surface area contributed by atoms with E-state index in [0.717, 1.165) is 27.0 Å². The van der Waals surface area contributed by atoms with E-state index in [2.05, 4.69) is 26.6 Å². The first-order chi connectivity index (χ1) is 15.1. The highest BCUT2D eigenvalue weighted by Crippen LogP contribution is 2.18. The van der Waals surface area contributed by atoms with Crippen molar-refractivity contribution >= 4 is 44.5 Å². The molecule has 2 aromatic carbocycles. The largest absolute Gasteiger partial charge is 0.459 e. The first-order valence-corrected chi connectivity index (χ1v) is 10.7. The van der Waals surface area contributed by atoms with Crippen molar-refractivity contribution in [3.05, 3.63) is 83.0 Å². The number of aryl methyl sites for hydroxylation is 1. The molecular formula is C23H21BrN4O3. The van der Waals surface area contributed by atoms with Gasteiger partial charge in [0.05, 0.1) is 17.3 Å². The third-order valence-electron chi connectivity index (χ3n) is 4.77. The topological polar surface area (TPSA) is 89.2 Å². The molecule has 0 unspecified atom stereocenters. The van der Waals surface area contributed by atoms with Gasteiger partial charge in [0.15, 0.2) is 5.76 Å². The zero-order chi connectivity index (χ0) is 21.6. The van der Waals surface area contributed by atoms with Gasteiger partial charge in [0, 0.05) is 23.1 Å². The minimum absolute atomic E-state index is 0.127. The number of amides is 2. The van der Waals surface area contributed by atoms with Gasteiger partial charge < -0.3 is 19.6 Å². The molecule has 0 aliphatic heterocycles. The smallest absolute Gasteiger partial charge is 0.286 e. The van der Waals surface area contributed by atoms with E-state index in [1.165, 1.54) is 6.26 Å². The molecule has 2 N–H and O–H groups in total. The number of imidazole rings is 1. The summed E-state index contributed by atoms with van der Waals surface area (Å²) in [5, 5.41) is 5.76. The number of hydrogen-bond donors (Lipinski definition) is 2. The van der Waals surface area contributed by atoms with Crippen LogP contribution in [-0.2, 0) is 17.8 Å². The third kappa shape index (κ3) is 5.21. The lowest BCUT2D eigenvalue weighted by molar-refractivity contribution is -0.116. The van der Waals surface area contributed by atoms with Crippen LogP contribution in [0.5, 0.6) is 0 Å². The molecule has 0 spiro atoms. The number of carbonyl (C=O) groups excluding carboxylic acids is 2. The van der Waals surface area contributed by atoms with Crippen LogP contribution in [0.3, 0.4) is 0 Å². The van der Waals surface area contributed by atoms with Gasteiger partial charge in [-0.1, -0.05) is 28.1 Å². The Labute approximate surface area is 187 Å². The molecule has 0 saturated heterocycles. The van der Waals surface area contributed by atoms with Crippen molar-refractivity contribution in [1.82, 2.24) is 14.9 Å². The zero-order valence-corrected chi connectivity index (χ0v) is 18.3. The van der Waals surface area contributed by atoms with Crippen LogP contribution in [0.4, 0.5) is 5.69 Å². The molecule has 158 valence electrons. The van der Waals surface area contributed by atoms with Crippen molar-refractivity contribution in [3.63, 3.8) is 0 Å². The molecule has 4 rings (SSSR count). The lowest BCUT2D eigenvalue weighted by Gasteiger charge is -2.10. The number of carbonyl (C=O) groups is 2. The van der Waals surface area contributed by atoms with Crippen molar-refractivity contribution < 1.29 is 14.0 Å². The molecule has 0 bridgehead atoms. The Morgan fingerprint density at radius 2 is 1.84 bits per heavy atom. The van der Waals surface area contributed by atoms with E-state index >= 15 is 0 Å². The summed E-state index contributed by atoms with van der Waals surface area (Å²) in [6, 6.07) is 18.5. The maximum absolute atomic E-state index is 12.7. The molecule has 4 aromatic rings. The van der Waals surface area contributed by atoms with Crippen LogP contribution in [-0.4, -0.2) is 27.9 Å². The zero-order valence-electron chi connectivity index (χ0n) is 16.7. The second-order valence-electron chi connectivity index (χ2n) is 6.99. The average molecular weight is 481 g/mol. The quantitative estimate of drug-likeness (QED) is 0.366. The third-order valence-corrected chi connectivity index (χ3v) is 5.30. The van der Waals surface area contributed by atoms with Gasteiger partial charge in [-0.25, -0.2) is 4.98 Å². The van der Waals surface area contributed by atoms with Gasteiger partial charge in [0.25, 0.3) is 5.91 Å². The summed E-state index contributed by atoms with van der Waals surface area (Å²) in [5.41, 5.74) is 2.48. The maximum atomic E-state index is 12.7. The second kappa shape index (κ2) is 9.61. The molecule has 7 nitrogen and oxygen atoms in total. The summed E-state index contributed by atoms with van der Waals surface area (Å²) in [6.07, 6.45) is 2.78. The Morgan fingerprint density at radius 1 is 1.03 bits per heavy atom. The number of aromatic nitrogens is 2. The van der Waals surface area contributed by atoms with E-state index < -0.39 is 0 Å². The summed E-state index contributed by atoms with van der Waals surface area (Å²) in [5.74, 6) is 0.724. The molecule has 0 aliphatic rings. The van der Waals surface area contributed by atoms with Gasteiger partial charge >= 0.3 is 0 Å². The molecule has 2 aromatic heterocycles. The minimum Gasteiger partial charge on any atom is -0.459 e. The average Bonchev–Trinajstić information content (AvgIpc) is 3.42. The SMILES string of the molecule is O=C(Cn1c(CCCNC(=O)c2ccco2)nc2ccccc21)Nc1ccc(Br)cc1. The van der Waals surface area contributed by atoms with E-state index in [9.17, 15) is 9.59 Å². The van der Waals surface area contributed by atoms with Gasteiger partial charge in [-0.2, -0.15) is 0 Å². The predicted molar refractivity (Wildman–Crippen MR) is 122 cm³/mol. The fourth-order valence-electron chi connectivity index (χ4n) is 3.31. The Hall–Kier alpha value is -3.39. The summed E-state index contributed by atoms with van der Waals surface area (Å²) >= 11 is 3.39. The van der Waals surface area contributed by atoms with Crippen LogP contribution in [0.2, 0.25) is 0 Å². The predicted octanol–water partition coefficient (Wildman–Crippen LogP) is 4.39. The molecule has 0 radical (unpaired) electrons. The summed E-state index contributed by atoms with van der Waals surface area (Å²) in [6.45, 7) is 0.637. The monoisotopic (exact) mass is 480 g/mol. The number of fused-ring (bicyclic) bond motifs is 1. The Balaban J connectivity index is 1.42. The molecule has 0 aliphatic carbocycles. The standard InChI is InChI=1S/C23H21BrN4O3/c24-16-9-11-17(12-10-16)26-22(29)15-28-19-6-2-1-5-18(19)27-21(28)8-3-13-25-23(30)20-7-4-14-31-20/h1-2,4-7,9-12,14H,3,8,13,15H2,(H,25,30)(H,26,29). The normalized spacial score (nSPS) is 10.9. The molecule has 0 atom stereocenters. The van der Waals surface area contributed by atoms with Gasteiger partial charge in [0.2, 0.25) is 5.91 Å². The number of rotatable bonds is 8. The fraction of sp³-hybridized carbons (Fsp3) is 0.174. The molecule has 0 fully saturated rings. The Morgan fingerprint density at radius 3 is 2.61 bits per heavy atom. The number of benzene rings is 2. The fourth-order valence-corrected chi connectivity index (χ4v) is 3.58. The van der Waals surface area contributed by atoms with E-state index in [-0.39, 0.29) is 24.1 Å². The molecule has 2 amide bonds. The number of hydrogen-bond acceptors (Lipinski definition) is 4. The van der Waals surface area contributed by atoms with Crippen LogP contribution in [0.25, 0.3) is 11.0 Å². The Kier molecular flexibility index (Phi) is 6.47. The Bertz CT molecular complexity index is 1180. The van der Waals surface area contributed by atoms with Gasteiger partial charge in [-0.3, -0.25) is 9.59 Å². The van der Waals surface area contributed by atoms with Crippen molar-refractivity contribution in [2.75, 3.05) is 11.9 Å². The highest BCUT2D eigenvalue weighted by molar-refractivity contribution is 9.10. The lowest BCUT2D eigenvalue weighted by atomic mass is 10.2. The summed E-state index contributed by atoms with van der Waals surface area (Å²) < 4.78 is 7.97. The number of nitrogens with zero attached hydrogens (tertiary/aromatic N) is 2. The van der Waals surface area contributed by atoms with E-state index in [1.807, 2.05) is 53.1 Å². The van der Waals surface area contributed by atoms with Gasteiger partial charge in [0.1, 0.15) is 12.4 Å². The number of furan rings is 1. The van der Waals surface area contributed by atoms with Crippen molar-refractivity contribution in [3.8, 4) is 0 Å². The van der Waals surface area contributed by atoms with E-state index in [0.29, 0.717) is 19.4 Å². The molecule has 8 heteroatoms. The highest BCUT2D eigenvalue weighted by Gasteiger charge is 2.14. The molecule has 0 saturated carbocycles. The number of halogens is 1. The highest BCUT2D eigenvalue weighted by atomic mass is 79.9. The summed E-state index contributed by atoms with van der Waals surface area (Å²) in [7, 11) is 0. The van der Waals surface area contributed by atoms with Crippen LogP contribution < -0.4 is 10.6 Å². The van der Waals surface area contributed by atoms with E-state index in [4.69, 9.17) is 9.40 Å². The van der Waals surface area contributed by atoms with E-state index in [1.54, 1.807) is 12.1 Å². The summed E-state index contributed by atoms with van der Waals surface area (Å²) in [4.78, 5) is 29.4. The van der Waals surface area contributed by atoms with Crippen molar-refractivity contribution in [2.45, 2.75) is 19.4 Å². The number of nitrogens with one attached hydrogen (secondary N) is 2. The molecule has 31 heavy (non-hydrogen) atoms.